The third-order valence-corrected chi connectivity index (χ3v) is 3.09. The lowest BCUT2D eigenvalue weighted by atomic mass is 10.1. The molecule has 1 aromatic rings. The summed E-state index contributed by atoms with van der Waals surface area (Å²) in [6, 6.07) is 8.43. The van der Waals surface area contributed by atoms with Crippen molar-refractivity contribution in [2.24, 2.45) is 0 Å². The molecule has 0 spiro atoms. The lowest BCUT2D eigenvalue weighted by molar-refractivity contribution is 0.287. The SMILES string of the molecule is N#CCN1CCN(c2ccc(F)cc2C#N)CC1. The number of nitrogens with zero attached hydrogens (tertiary/aromatic N) is 4. The van der Waals surface area contributed by atoms with Gasteiger partial charge >= 0.3 is 0 Å². The van der Waals surface area contributed by atoms with Crippen molar-refractivity contribution in [2.45, 2.75) is 0 Å². The van der Waals surface area contributed by atoms with Crippen LogP contribution < -0.4 is 4.90 Å². The molecular weight excluding hydrogens is 231 g/mol. The van der Waals surface area contributed by atoms with E-state index in [9.17, 15) is 4.39 Å². The first kappa shape index (κ1) is 12.3. The quantitative estimate of drug-likeness (QED) is 0.737. The van der Waals surface area contributed by atoms with Gasteiger partial charge in [-0.15, -0.1) is 0 Å². The molecule has 0 aliphatic carbocycles. The average Bonchev–Trinajstić information content (AvgIpc) is 2.40. The Labute approximate surface area is 105 Å². The molecule has 92 valence electrons. The average molecular weight is 244 g/mol. The van der Waals surface area contributed by atoms with E-state index in [1.54, 1.807) is 6.07 Å². The predicted octanol–water partition coefficient (Wildman–Crippen LogP) is 1.34. The standard InChI is InChI=1S/C13H13FN4/c14-12-1-2-13(11(9-12)10-16)18-7-5-17(4-3-15)6-8-18/h1-2,9H,4-8H2. The molecule has 0 bridgehead atoms. The molecule has 0 N–H and O–H groups in total. The molecule has 0 atom stereocenters. The van der Waals surface area contributed by atoms with Crippen LogP contribution in [0.4, 0.5) is 10.1 Å². The van der Waals surface area contributed by atoms with Gasteiger partial charge in [-0.1, -0.05) is 0 Å². The summed E-state index contributed by atoms with van der Waals surface area (Å²) in [6.45, 7) is 3.51. The number of nitriles is 2. The van der Waals surface area contributed by atoms with Crippen molar-refractivity contribution in [1.29, 1.82) is 10.5 Å². The van der Waals surface area contributed by atoms with Crippen LogP contribution in [0.1, 0.15) is 5.56 Å². The third-order valence-electron chi connectivity index (χ3n) is 3.09. The number of hydrogen-bond acceptors (Lipinski definition) is 4. The summed E-state index contributed by atoms with van der Waals surface area (Å²) in [6.07, 6.45) is 0. The van der Waals surface area contributed by atoms with Crippen molar-refractivity contribution >= 4 is 5.69 Å². The summed E-state index contributed by atoms with van der Waals surface area (Å²) in [5.41, 5.74) is 1.14. The fraction of sp³-hybridized carbons (Fsp3) is 0.385. The van der Waals surface area contributed by atoms with E-state index in [2.05, 4.69) is 15.9 Å². The Morgan fingerprint density at radius 1 is 1.17 bits per heavy atom. The molecule has 1 fully saturated rings. The summed E-state index contributed by atoms with van der Waals surface area (Å²) >= 11 is 0. The first-order valence-corrected chi connectivity index (χ1v) is 5.78. The highest BCUT2D eigenvalue weighted by molar-refractivity contribution is 5.59. The van der Waals surface area contributed by atoms with Gasteiger partial charge in [0.25, 0.3) is 0 Å². The number of benzene rings is 1. The molecule has 2 rings (SSSR count). The van der Waals surface area contributed by atoms with Gasteiger partial charge < -0.3 is 4.90 Å². The largest absolute Gasteiger partial charge is 0.368 e. The van der Waals surface area contributed by atoms with Crippen LogP contribution in [0.15, 0.2) is 18.2 Å². The van der Waals surface area contributed by atoms with E-state index in [0.717, 1.165) is 31.9 Å². The van der Waals surface area contributed by atoms with Gasteiger partial charge in [0.15, 0.2) is 0 Å². The summed E-state index contributed by atoms with van der Waals surface area (Å²) in [4.78, 5) is 4.12. The highest BCUT2D eigenvalue weighted by Crippen LogP contribution is 2.22. The maximum absolute atomic E-state index is 13.0. The molecule has 1 saturated heterocycles. The molecule has 0 saturated carbocycles. The number of piperazine rings is 1. The molecule has 5 heteroatoms. The summed E-state index contributed by atoms with van der Waals surface area (Å²) < 4.78 is 13.0. The van der Waals surface area contributed by atoms with Gasteiger partial charge in [0.2, 0.25) is 0 Å². The molecule has 18 heavy (non-hydrogen) atoms. The van der Waals surface area contributed by atoms with Gasteiger partial charge in [0.05, 0.1) is 23.9 Å². The van der Waals surface area contributed by atoms with Crippen molar-refractivity contribution in [2.75, 3.05) is 37.6 Å². The Balaban J connectivity index is 2.11. The number of halogens is 1. The Morgan fingerprint density at radius 3 is 2.50 bits per heavy atom. The number of anilines is 1. The maximum atomic E-state index is 13.0. The molecule has 1 aliphatic rings. The molecular formula is C13H13FN4. The first-order valence-electron chi connectivity index (χ1n) is 5.78. The first-order chi connectivity index (χ1) is 8.74. The topological polar surface area (TPSA) is 54.1 Å². The lowest BCUT2D eigenvalue weighted by Crippen LogP contribution is -2.46. The van der Waals surface area contributed by atoms with Crippen molar-refractivity contribution in [1.82, 2.24) is 4.90 Å². The Bertz CT molecular complexity index is 507. The Kier molecular flexibility index (Phi) is 3.76. The molecule has 1 aromatic carbocycles. The van der Waals surface area contributed by atoms with E-state index < -0.39 is 5.82 Å². The number of hydrogen-bond donors (Lipinski definition) is 0. The Hall–Kier alpha value is -2.11. The zero-order valence-corrected chi connectivity index (χ0v) is 9.93. The van der Waals surface area contributed by atoms with E-state index in [-0.39, 0.29) is 0 Å². The van der Waals surface area contributed by atoms with Crippen LogP contribution in [0, 0.1) is 28.5 Å². The normalized spacial score (nSPS) is 16.1. The van der Waals surface area contributed by atoms with Gasteiger partial charge in [-0.25, -0.2) is 4.39 Å². The molecule has 4 nitrogen and oxygen atoms in total. The summed E-state index contributed by atoms with van der Waals surface area (Å²) in [5.74, 6) is -0.390. The highest BCUT2D eigenvalue weighted by atomic mass is 19.1. The van der Waals surface area contributed by atoms with Crippen LogP contribution in [0.3, 0.4) is 0 Å². The minimum absolute atomic E-state index is 0.365. The summed E-state index contributed by atoms with van der Waals surface area (Å²) in [7, 11) is 0. The Morgan fingerprint density at radius 2 is 1.89 bits per heavy atom. The van der Waals surface area contributed by atoms with Crippen LogP contribution in [0.25, 0.3) is 0 Å². The monoisotopic (exact) mass is 244 g/mol. The smallest absolute Gasteiger partial charge is 0.124 e. The van der Waals surface area contributed by atoms with E-state index in [0.29, 0.717) is 12.1 Å². The molecule has 1 heterocycles. The van der Waals surface area contributed by atoms with Gasteiger partial charge in [-0.05, 0) is 18.2 Å². The zero-order chi connectivity index (χ0) is 13.0. The van der Waals surface area contributed by atoms with Gasteiger partial charge in [0, 0.05) is 26.2 Å². The fourth-order valence-corrected chi connectivity index (χ4v) is 2.12. The van der Waals surface area contributed by atoms with Crippen molar-refractivity contribution in [3.8, 4) is 12.1 Å². The van der Waals surface area contributed by atoms with Gasteiger partial charge in [-0.2, -0.15) is 10.5 Å². The predicted molar refractivity (Wildman–Crippen MR) is 65.4 cm³/mol. The second-order valence-electron chi connectivity index (χ2n) is 4.19. The van der Waals surface area contributed by atoms with E-state index >= 15 is 0 Å². The highest BCUT2D eigenvalue weighted by Gasteiger charge is 2.19. The van der Waals surface area contributed by atoms with Crippen LogP contribution in [-0.2, 0) is 0 Å². The molecule has 0 unspecified atom stereocenters. The number of rotatable bonds is 2. The molecule has 0 radical (unpaired) electrons. The minimum atomic E-state index is -0.390. The van der Waals surface area contributed by atoms with Crippen LogP contribution >= 0.6 is 0 Å². The van der Waals surface area contributed by atoms with Crippen LogP contribution in [0.2, 0.25) is 0 Å². The van der Waals surface area contributed by atoms with Crippen LogP contribution in [-0.4, -0.2) is 37.6 Å². The van der Waals surface area contributed by atoms with Crippen molar-refractivity contribution < 1.29 is 4.39 Å². The fourth-order valence-electron chi connectivity index (χ4n) is 2.12. The lowest BCUT2D eigenvalue weighted by Gasteiger charge is -2.35. The third kappa shape index (κ3) is 2.58. The summed E-state index contributed by atoms with van der Waals surface area (Å²) in [5, 5.41) is 17.6. The van der Waals surface area contributed by atoms with Crippen molar-refractivity contribution in [3.05, 3.63) is 29.6 Å². The molecule has 1 aliphatic heterocycles. The van der Waals surface area contributed by atoms with Gasteiger partial charge in [0.1, 0.15) is 11.9 Å². The van der Waals surface area contributed by atoms with E-state index in [1.807, 2.05) is 6.07 Å². The maximum Gasteiger partial charge on any atom is 0.124 e. The van der Waals surface area contributed by atoms with Crippen LogP contribution in [0.5, 0.6) is 0 Å². The second-order valence-corrected chi connectivity index (χ2v) is 4.19. The van der Waals surface area contributed by atoms with E-state index in [4.69, 9.17) is 10.5 Å². The van der Waals surface area contributed by atoms with Gasteiger partial charge in [-0.3, -0.25) is 4.90 Å². The van der Waals surface area contributed by atoms with Crippen molar-refractivity contribution in [3.63, 3.8) is 0 Å². The minimum Gasteiger partial charge on any atom is -0.368 e. The van der Waals surface area contributed by atoms with E-state index in [1.165, 1.54) is 12.1 Å². The molecule has 0 aromatic heterocycles. The second kappa shape index (κ2) is 5.48. The molecule has 0 amide bonds. The zero-order valence-electron chi connectivity index (χ0n) is 9.93.